The molecule has 2 N–H and O–H groups in total. The molecule has 2 aromatic carbocycles. The molecule has 6 heteroatoms. The van der Waals surface area contributed by atoms with Crippen LogP contribution in [0, 0.1) is 0 Å². The van der Waals surface area contributed by atoms with Crippen molar-refractivity contribution in [2.45, 2.75) is 26.7 Å². The third-order valence-electron chi connectivity index (χ3n) is 4.14. The highest BCUT2D eigenvalue weighted by atomic mass is 16.5. The number of benzene rings is 2. The van der Waals surface area contributed by atoms with Gasteiger partial charge in [-0.15, -0.1) is 0 Å². The lowest BCUT2D eigenvalue weighted by atomic mass is 9.98. The SMILES string of the molecule is CC(=O)OCC(=O)Nc1n[nH]c2cc(-c3ccc(C(C)C)cc3)ccc12. The van der Waals surface area contributed by atoms with Crippen LogP contribution >= 0.6 is 0 Å². The molecule has 134 valence electrons. The van der Waals surface area contributed by atoms with E-state index in [4.69, 9.17) is 0 Å². The normalized spacial score (nSPS) is 10.9. The van der Waals surface area contributed by atoms with E-state index in [9.17, 15) is 9.59 Å². The highest BCUT2D eigenvalue weighted by Crippen LogP contribution is 2.28. The first-order valence-electron chi connectivity index (χ1n) is 8.45. The molecule has 6 nitrogen and oxygen atoms in total. The van der Waals surface area contributed by atoms with E-state index < -0.39 is 11.9 Å². The molecule has 0 bridgehead atoms. The average molecular weight is 351 g/mol. The highest BCUT2D eigenvalue weighted by molar-refractivity contribution is 6.01. The van der Waals surface area contributed by atoms with Crippen LogP contribution in [0.5, 0.6) is 0 Å². The summed E-state index contributed by atoms with van der Waals surface area (Å²) >= 11 is 0. The molecule has 0 aliphatic heterocycles. The van der Waals surface area contributed by atoms with Crippen LogP contribution in [0.3, 0.4) is 0 Å². The Morgan fingerprint density at radius 2 is 1.81 bits per heavy atom. The van der Waals surface area contributed by atoms with Crippen LogP contribution in [0.4, 0.5) is 5.82 Å². The van der Waals surface area contributed by atoms with Crippen molar-refractivity contribution in [3.8, 4) is 11.1 Å². The van der Waals surface area contributed by atoms with E-state index in [1.54, 1.807) is 0 Å². The van der Waals surface area contributed by atoms with Crippen molar-refractivity contribution >= 4 is 28.6 Å². The number of nitrogens with zero attached hydrogens (tertiary/aromatic N) is 1. The van der Waals surface area contributed by atoms with Crippen molar-refractivity contribution in [2.24, 2.45) is 0 Å². The van der Waals surface area contributed by atoms with Gasteiger partial charge in [0.1, 0.15) is 0 Å². The Morgan fingerprint density at radius 1 is 1.12 bits per heavy atom. The van der Waals surface area contributed by atoms with E-state index in [0.717, 1.165) is 22.0 Å². The third kappa shape index (κ3) is 3.91. The first-order valence-corrected chi connectivity index (χ1v) is 8.45. The highest BCUT2D eigenvalue weighted by Gasteiger charge is 2.11. The van der Waals surface area contributed by atoms with Crippen LogP contribution in [0.25, 0.3) is 22.0 Å². The number of carbonyl (C=O) groups is 2. The summed E-state index contributed by atoms with van der Waals surface area (Å²) in [6.07, 6.45) is 0. The number of aromatic amines is 1. The smallest absolute Gasteiger partial charge is 0.303 e. The van der Waals surface area contributed by atoms with E-state index in [-0.39, 0.29) is 6.61 Å². The van der Waals surface area contributed by atoms with Gasteiger partial charge >= 0.3 is 5.97 Å². The number of aromatic nitrogens is 2. The fraction of sp³-hybridized carbons (Fsp3) is 0.250. The second-order valence-corrected chi connectivity index (χ2v) is 6.44. The van der Waals surface area contributed by atoms with Gasteiger partial charge in [-0.25, -0.2) is 0 Å². The summed E-state index contributed by atoms with van der Waals surface area (Å²) in [7, 11) is 0. The largest absolute Gasteiger partial charge is 0.456 e. The Kier molecular flexibility index (Phi) is 5.02. The summed E-state index contributed by atoms with van der Waals surface area (Å²) in [6, 6.07) is 14.4. The van der Waals surface area contributed by atoms with Gasteiger partial charge in [-0.05, 0) is 34.7 Å². The number of hydrogen-bond acceptors (Lipinski definition) is 4. The summed E-state index contributed by atoms with van der Waals surface area (Å²) in [4.78, 5) is 22.6. The third-order valence-corrected chi connectivity index (χ3v) is 4.14. The predicted molar refractivity (Wildman–Crippen MR) is 101 cm³/mol. The quantitative estimate of drug-likeness (QED) is 0.684. The first-order chi connectivity index (χ1) is 12.4. The van der Waals surface area contributed by atoms with Crippen LogP contribution < -0.4 is 5.32 Å². The molecule has 1 aromatic heterocycles. The lowest BCUT2D eigenvalue weighted by Crippen LogP contribution is -2.20. The standard InChI is InChI=1S/C20H21N3O3/c1-12(2)14-4-6-15(7-5-14)16-8-9-17-18(10-16)22-23-20(17)21-19(25)11-26-13(3)24/h4-10,12H,11H2,1-3H3,(H2,21,22,23,25). The van der Waals surface area contributed by atoms with Gasteiger partial charge < -0.3 is 10.1 Å². The molecule has 1 heterocycles. The van der Waals surface area contributed by atoms with E-state index >= 15 is 0 Å². The van der Waals surface area contributed by atoms with Crippen molar-refractivity contribution in [3.63, 3.8) is 0 Å². The van der Waals surface area contributed by atoms with Crippen LogP contribution in [0.2, 0.25) is 0 Å². The summed E-state index contributed by atoms with van der Waals surface area (Å²) in [5.74, 6) is -0.0155. The Hall–Kier alpha value is -3.15. The van der Waals surface area contributed by atoms with E-state index in [2.05, 4.69) is 58.4 Å². The number of nitrogens with one attached hydrogen (secondary N) is 2. The zero-order valence-electron chi connectivity index (χ0n) is 15.0. The lowest BCUT2D eigenvalue weighted by molar-refractivity contribution is -0.144. The van der Waals surface area contributed by atoms with Crippen molar-refractivity contribution in [2.75, 3.05) is 11.9 Å². The van der Waals surface area contributed by atoms with Crippen LogP contribution in [-0.4, -0.2) is 28.7 Å². The molecule has 3 rings (SSSR count). The van der Waals surface area contributed by atoms with Gasteiger partial charge in [0.25, 0.3) is 5.91 Å². The van der Waals surface area contributed by atoms with Crippen molar-refractivity contribution in [1.29, 1.82) is 0 Å². The van der Waals surface area contributed by atoms with Crippen molar-refractivity contribution in [3.05, 3.63) is 48.0 Å². The zero-order chi connectivity index (χ0) is 18.7. The number of ether oxygens (including phenoxy) is 1. The number of anilines is 1. The summed E-state index contributed by atoms with van der Waals surface area (Å²) in [6.45, 7) is 5.27. The van der Waals surface area contributed by atoms with Gasteiger partial charge in [0.2, 0.25) is 0 Å². The topological polar surface area (TPSA) is 84.1 Å². The molecule has 0 spiro atoms. The molecule has 3 aromatic rings. The second kappa shape index (κ2) is 7.39. The van der Waals surface area contributed by atoms with Crippen LogP contribution in [0.1, 0.15) is 32.3 Å². The molecule has 0 aliphatic carbocycles. The summed E-state index contributed by atoms with van der Waals surface area (Å²) in [5, 5.41) is 10.5. The minimum absolute atomic E-state index is 0.329. The predicted octanol–water partition coefficient (Wildman–Crippen LogP) is 3.85. The number of H-pyrrole nitrogens is 1. The minimum Gasteiger partial charge on any atom is -0.456 e. The number of hydrogen-bond donors (Lipinski definition) is 2. The number of amides is 1. The number of esters is 1. The van der Waals surface area contributed by atoms with Gasteiger partial charge in [-0.2, -0.15) is 5.10 Å². The molecular weight excluding hydrogens is 330 g/mol. The van der Waals surface area contributed by atoms with Gasteiger partial charge in [-0.3, -0.25) is 14.7 Å². The fourth-order valence-corrected chi connectivity index (χ4v) is 2.69. The van der Waals surface area contributed by atoms with Crippen molar-refractivity contribution in [1.82, 2.24) is 10.2 Å². The Labute approximate surface area is 151 Å². The Balaban J connectivity index is 1.80. The van der Waals surface area contributed by atoms with Gasteiger partial charge in [0, 0.05) is 12.3 Å². The number of carbonyl (C=O) groups excluding carboxylic acids is 2. The van der Waals surface area contributed by atoms with E-state index in [0.29, 0.717) is 11.7 Å². The van der Waals surface area contributed by atoms with Gasteiger partial charge in [0.05, 0.1) is 5.52 Å². The molecule has 0 atom stereocenters. The molecule has 26 heavy (non-hydrogen) atoms. The maximum Gasteiger partial charge on any atom is 0.303 e. The fourth-order valence-electron chi connectivity index (χ4n) is 2.69. The summed E-state index contributed by atoms with van der Waals surface area (Å²) < 4.78 is 4.68. The van der Waals surface area contributed by atoms with E-state index in [1.165, 1.54) is 12.5 Å². The zero-order valence-corrected chi connectivity index (χ0v) is 15.0. The van der Waals surface area contributed by atoms with Crippen molar-refractivity contribution < 1.29 is 14.3 Å². The number of fused-ring (bicyclic) bond motifs is 1. The molecule has 0 aliphatic rings. The van der Waals surface area contributed by atoms with Crippen LogP contribution in [0.15, 0.2) is 42.5 Å². The minimum atomic E-state index is -0.500. The molecule has 1 amide bonds. The monoisotopic (exact) mass is 351 g/mol. The van der Waals surface area contributed by atoms with Gasteiger partial charge in [0.15, 0.2) is 12.4 Å². The average Bonchev–Trinajstić information content (AvgIpc) is 3.02. The summed E-state index contributed by atoms with van der Waals surface area (Å²) in [5.41, 5.74) is 4.30. The lowest BCUT2D eigenvalue weighted by Gasteiger charge is -2.07. The second-order valence-electron chi connectivity index (χ2n) is 6.44. The molecule has 0 saturated carbocycles. The molecular formula is C20H21N3O3. The van der Waals surface area contributed by atoms with Crippen LogP contribution in [-0.2, 0) is 14.3 Å². The van der Waals surface area contributed by atoms with Gasteiger partial charge in [-0.1, -0.05) is 44.2 Å². The molecule has 0 unspecified atom stereocenters. The van der Waals surface area contributed by atoms with E-state index in [1.807, 2.05) is 18.2 Å². The first kappa shape index (κ1) is 17.7. The Bertz CT molecular complexity index is 943. The maximum absolute atomic E-state index is 11.8. The number of rotatable bonds is 5. The molecule has 0 saturated heterocycles. The maximum atomic E-state index is 11.8. The molecule has 0 radical (unpaired) electrons. The molecule has 0 fully saturated rings. The Morgan fingerprint density at radius 3 is 2.46 bits per heavy atom.